The molecule has 0 bridgehead atoms. The molecular weight excluding hydrogens is 382 g/mol. The minimum absolute atomic E-state index is 0.0623. The van der Waals surface area contributed by atoms with Crippen molar-refractivity contribution in [2.24, 2.45) is 0 Å². The van der Waals surface area contributed by atoms with Crippen molar-refractivity contribution in [2.75, 3.05) is 13.1 Å². The fraction of sp³-hybridized carbons (Fsp3) is 0.176. The standard InChI is InChI=1S/C17H15N7O5/c1-10-11(3-2-4-13(10)24(27)28)14-22-17(29-23-14)16(26)21-8-7-20-15(25)12-9-18-5-6-19-12/h2-6,9H,7-8H2,1H3,(H,20,25)(H,21,26). The minimum atomic E-state index is -0.638. The largest absolute Gasteiger partial charge is 0.349 e. The minimum Gasteiger partial charge on any atom is -0.349 e. The summed E-state index contributed by atoms with van der Waals surface area (Å²) in [4.78, 5) is 46.1. The van der Waals surface area contributed by atoms with E-state index in [1.165, 1.54) is 30.7 Å². The van der Waals surface area contributed by atoms with Gasteiger partial charge in [0.15, 0.2) is 0 Å². The van der Waals surface area contributed by atoms with E-state index < -0.39 is 16.7 Å². The summed E-state index contributed by atoms with van der Waals surface area (Å²) < 4.78 is 4.94. The fourth-order valence-corrected chi connectivity index (χ4v) is 2.42. The monoisotopic (exact) mass is 397 g/mol. The molecule has 2 N–H and O–H groups in total. The first-order valence-corrected chi connectivity index (χ1v) is 8.38. The lowest BCUT2D eigenvalue weighted by molar-refractivity contribution is -0.385. The summed E-state index contributed by atoms with van der Waals surface area (Å²) in [6, 6.07) is 4.45. The number of hydrogen-bond donors (Lipinski definition) is 2. The summed E-state index contributed by atoms with van der Waals surface area (Å²) in [5, 5.41) is 19.8. The molecule has 0 spiro atoms. The van der Waals surface area contributed by atoms with Crippen molar-refractivity contribution < 1.29 is 19.0 Å². The number of carbonyl (C=O) groups is 2. The summed E-state index contributed by atoms with van der Waals surface area (Å²) in [6.07, 6.45) is 4.17. The molecular formula is C17H15N7O5. The summed E-state index contributed by atoms with van der Waals surface area (Å²) >= 11 is 0. The highest BCUT2D eigenvalue weighted by atomic mass is 16.6. The second-order valence-corrected chi connectivity index (χ2v) is 5.73. The van der Waals surface area contributed by atoms with Gasteiger partial charge in [-0.2, -0.15) is 4.98 Å². The van der Waals surface area contributed by atoms with Gasteiger partial charge < -0.3 is 15.2 Å². The average Bonchev–Trinajstić information content (AvgIpc) is 3.21. The fourth-order valence-electron chi connectivity index (χ4n) is 2.42. The van der Waals surface area contributed by atoms with Crippen molar-refractivity contribution >= 4 is 17.5 Å². The summed E-state index contributed by atoms with van der Waals surface area (Å²) in [5.74, 6) is -1.30. The third kappa shape index (κ3) is 4.55. The van der Waals surface area contributed by atoms with E-state index in [1.807, 2.05) is 0 Å². The van der Waals surface area contributed by atoms with E-state index in [1.54, 1.807) is 13.0 Å². The van der Waals surface area contributed by atoms with E-state index in [4.69, 9.17) is 4.52 Å². The van der Waals surface area contributed by atoms with Gasteiger partial charge in [-0.3, -0.25) is 24.7 Å². The lowest BCUT2D eigenvalue weighted by Crippen LogP contribution is -2.35. The predicted molar refractivity (Wildman–Crippen MR) is 97.8 cm³/mol. The van der Waals surface area contributed by atoms with Gasteiger partial charge in [-0.05, 0) is 6.92 Å². The van der Waals surface area contributed by atoms with Crippen molar-refractivity contribution in [1.82, 2.24) is 30.7 Å². The van der Waals surface area contributed by atoms with Crippen molar-refractivity contribution in [1.29, 1.82) is 0 Å². The molecule has 0 aliphatic heterocycles. The number of carbonyl (C=O) groups excluding carboxylic acids is 2. The maximum Gasteiger partial charge on any atom is 0.316 e. The van der Waals surface area contributed by atoms with Gasteiger partial charge in [-0.15, -0.1) is 0 Å². The van der Waals surface area contributed by atoms with Crippen LogP contribution in [0.25, 0.3) is 11.4 Å². The molecule has 0 atom stereocenters. The Morgan fingerprint density at radius 2 is 1.93 bits per heavy atom. The van der Waals surface area contributed by atoms with Gasteiger partial charge in [0.2, 0.25) is 5.82 Å². The van der Waals surface area contributed by atoms with Crippen LogP contribution in [0.3, 0.4) is 0 Å². The highest BCUT2D eigenvalue weighted by molar-refractivity contribution is 5.92. The molecule has 0 unspecified atom stereocenters. The highest BCUT2D eigenvalue weighted by Gasteiger charge is 2.20. The van der Waals surface area contributed by atoms with Crippen molar-refractivity contribution in [3.8, 4) is 11.4 Å². The van der Waals surface area contributed by atoms with Crippen molar-refractivity contribution in [3.63, 3.8) is 0 Å². The number of rotatable bonds is 7. The second-order valence-electron chi connectivity index (χ2n) is 5.73. The van der Waals surface area contributed by atoms with E-state index >= 15 is 0 Å². The van der Waals surface area contributed by atoms with Crippen LogP contribution >= 0.6 is 0 Å². The van der Waals surface area contributed by atoms with Gasteiger partial charge in [0.25, 0.3) is 11.6 Å². The zero-order valence-corrected chi connectivity index (χ0v) is 15.2. The number of nitrogens with one attached hydrogen (secondary N) is 2. The molecule has 2 heterocycles. The van der Waals surface area contributed by atoms with Crippen molar-refractivity contribution in [3.05, 3.63) is 64.1 Å². The number of nitro benzene ring substituents is 1. The van der Waals surface area contributed by atoms with Crippen LogP contribution in [0.15, 0.2) is 41.3 Å². The molecule has 0 saturated carbocycles. The molecule has 0 aliphatic rings. The maximum atomic E-state index is 12.1. The quantitative estimate of drug-likeness (QED) is 0.334. The average molecular weight is 397 g/mol. The summed E-state index contributed by atoms with van der Waals surface area (Å²) in [6.45, 7) is 1.81. The van der Waals surface area contributed by atoms with Crippen LogP contribution < -0.4 is 10.6 Å². The van der Waals surface area contributed by atoms with Crippen LogP contribution in [-0.2, 0) is 0 Å². The van der Waals surface area contributed by atoms with Gasteiger partial charge in [-0.25, -0.2) is 4.98 Å². The first-order valence-electron chi connectivity index (χ1n) is 8.38. The number of amides is 2. The van der Waals surface area contributed by atoms with Crippen LogP contribution in [0, 0.1) is 17.0 Å². The zero-order chi connectivity index (χ0) is 20.8. The van der Waals surface area contributed by atoms with Crippen LogP contribution in [0.5, 0.6) is 0 Å². The molecule has 3 rings (SSSR count). The molecule has 29 heavy (non-hydrogen) atoms. The van der Waals surface area contributed by atoms with Gasteiger partial charge in [0.05, 0.1) is 11.1 Å². The lowest BCUT2D eigenvalue weighted by Gasteiger charge is -2.04. The maximum absolute atomic E-state index is 12.1. The Hall–Kier alpha value is -4.22. The van der Waals surface area contributed by atoms with Gasteiger partial charge in [0.1, 0.15) is 5.69 Å². The lowest BCUT2D eigenvalue weighted by atomic mass is 10.1. The number of hydrogen-bond acceptors (Lipinski definition) is 9. The number of nitrogens with zero attached hydrogens (tertiary/aromatic N) is 5. The topological polar surface area (TPSA) is 166 Å². The van der Waals surface area contributed by atoms with Gasteiger partial charge in [0, 0.05) is 42.7 Å². The zero-order valence-electron chi connectivity index (χ0n) is 15.2. The predicted octanol–water partition coefficient (Wildman–Crippen LogP) is 0.903. The van der Waals surface area contributed by atoms with E-state index in [9.17, 15) is 19.7 Å². The Bertz CT molecular complexity index is 1050. The van der Waals surface area contributed by atoms with Crippen LogP contribution in [0.2, 0.25) is 0 Å². The summed E-state index contributed by atoms with van der Waals surface area (Å²) in [5.41, 5.74) is 0.819. The molecule has 1 aromatic carbocycles. The second kappa shape index (κ2) is 8.65. The molecule has 0 radical (unpaired) electrons. The third-order valence-corrected chi connectivity index (χ3v) is 3.86. The molecule has 3 aromatic rings. The molecule has 2 aromatic heterocycles. The first kappa shape index (κ1) is 19.5. The molecule has 0 fully saturated rings. The van der Waals surface area contributed by atoms with E-state index in [0.29, 0.717) is 11.1 Å². The smallest absolute Gasteiger partial charge is 0.316 e. The van der Waals surface area contributed by atoms with Crippen LogP contribution in [0.1, 0.15) is 26.7 Å². The van der Waals surface area contributed by atoms with Crippen LogP contribution in [0.4, 0.5) is 5.69 Å². The Labute approximate surface area is 163 Å². The molecule has 148 valence electrons. The Morgan fingerprint density at radius 3 is 2.62 bits per heavy atom. The molecule has 2 amide bonds. The van der Waals surface area contributed by atoms with Crippen LogP contribution in [-0.4, -0.2) is 49.9 Å². The number of aromatic nitrogens is 4. The van der Waals surface area contributed by atoms with E-state index in [-0.39, 0.29) is 36.2 Å². The first-order chi connectivity index (χ1) is 14.0. The SMILES string of the molecule is Cc1c(-c2noc(C(=O)NCCNC(=O)c3cnccn3)n2)cccc1[N+](=O)[O-]. The molecule has 0 aliphatic carbocycles. The Morgan fingerprint density at radius 1 is 1.17 bits per heavy atom. The Kier molecular flexibility index (Phi) is 5.83. The Balaban J connectivity index is 1.57. The van der Waals surface area contributed by atoms with Gasteiger partial charge >= 0.3 is 11.8 Å². The van der Waals surface area contributed by atoms with Gasteiger partial charge in [-0.1, -0.05) is 17.3 Å². The summed E-state index contributed by atoms with van der Waals surface area (Å²) in [7, 11) is 0. The molecule has 0 saturated heterocycles. The number of benzene rings is 1. The van der Waals surface area contributed by atoms with E-state index in [0.717, 1.165) is 0 Å². The molecule has 12 nitrogen and oxygen atoms in total. The molecule has 12 heteroatoms. The highest BCUT2D eigenvalue weighted by Crippen LogP contribution is 2.27. The third-order valence-electron chi connectivity index (χ3n) is 3.86. The van der Waals surface area contributed by atoms with Crippen molar-refractivity contribution in [2.45, 2.75) is 6.92 Å². The number of nitro groups is 1. The normalized spacial score (nSPS) is 10.4. The van der Waals surface area contributed by atoms with E-state index in [2.05, 4.69) is 30.7 Å².